The Balaban J connectivity index is 1.51. The lowest BCUT2D eigenvalue weighted by molar-refractivity contribution is -0.378. The van der Waals surface area contributed by atoms with Gasteiger partial charge in [-0.05, 0) is 5.53 Å². The maximum atomic E-state index is 11.9. The van der Waals surface area contributed by atoms with Crippen LogP contribution < -0.4 is 5.32 Å². The summed E-state index contributed by atoms with van der Waals surface area (Å²) >= 11 is 0. The number of aliphatic hydroxyl groups is 11. The number of hydrogen-bond acceptors (Lipinski definition) is 21. The van der Waals surface area contributed by atoms with Crippen molar-refractivity contribution in [2.24, 2.45) is 5.11 Å². The van der Waals surface area contributed by atoms with E-state index in [1.54, 1.807) is 0 Å². The molecule has 53 heavy (non-hydrogen) atoms. The van der Waals surface area contributed by atoms with Gasteiger partial charge in [0.05, 0.1) is 39.1 Å². The van der Waals surface area contributed by atoms with E-state index in [1.807, 2.05) is 0 Å². The molecule has 24 heteroatoms. The molecule has 0 saturated carbocycles. The zero-order chi connectivity index (χ0) is 39.1. The number of carbonyl (C=O) groups is 1. The first-order valence-corrected chi connectivity index (χ1v) is 16.6. The first-order valence-electron chi connectivity index (χ1n) is 16.6. The molecule has 4 saturated heterocycles. The van der Waals surface area contributed by atoms with Crippen molar-refractivity contribution in [2.45, 2.75) is 130 Å². The molecular formula is C29H48N4O20. The Morgan fingerprint density at radius 1 is 0.679 bits per heavy atom. The van der Waals surface area contributed by atoms with Crippen LogP contribution in [0.25, 0.3) is 10.4 Å². The lowest BCUT2D eigenvalue weighted by Crippen LogP contribution is -2.68. The zero-order valence-corrected chi connectivity index (χ0v) is 28.3. The van der Waals surface area contributed by atoms with Crippen LogP contribution in [0.5, 0.6) is 0 Å². The summed E-state index contributed by atoms with van der Waals surface area (Å²) in [6, 6.07) is -2.99. The van der Waals surface area contributed by atoms with Gasteiger partial charge in [0.2, 0.25) is 5.91 Å². The van der Waals surface area contributed by atoms with Gasteiger partial charge >= 0.3 is 0 Å². The van der Waals surface area contributed by atoms with Gasteiger partial charge in [-0.2, -0.15) is 0 Å². The van der Waals surface area contributed by atoms with Gasteiger partial charge in [0, 0.05) is 11.8 Å². The topological polar surface area (TPSA) is 374 Å². The van der Waals surface area contributed by atoms with Crippen molar-refractivity contribution in [3.8, 4) is 0 Å². The molecule has 20 atom stereocenters. The van der Waals surface area contributed by atoms with E-state index in [-0.39, 0.29) is 6.61 Å². The smallest absolute Gasteiger partial charge is 0.217 e. The lowest BCUT2D eigenvalue weighted by atomic mass is 9.94. The van der Waals surface area contributed by atoms with Crippen molar-refractivity contribution in [3.05, 3.63) is 23.1 Å². The van der Waals surface area contributed by atoms with E-state index in [2.05, 4.69) is 21.9 Å². The molecule has 0 spiro atoms. The molecule has 0 aromatic carbocycles. The van der Waals surface area contributed by atoms with E-state index in [0.717, 1.165) is 6.92 Å². The summed E-state index contributed by atoms with van der Waals surface area (Å²) in [5.74, 6) is -0.588. The van der Waals surface area contributed by atoms with Crippen molar-refractivity contribution in [2.75, 3.05) is 33.0 Å². The summed E-state index contributed by atoms with van der Waals surface area (Å²) in [4.78, 5) is 14.6. The zero-order valence-electron chi connectivity index (χ0n) is 28.3. The van der Waals surface area contributed by atoms with Crippen LogP contribution in [0.15, 0.2) is 17.8 Å². The van der Waals surface area contributed by atoms with Gasteiger partial charge in [-0.1, -0.05) is 11.2 Å². The first kappa shape index (κ1) is 43.5. The standard InChI is InChI=1S/C29H48N4O20/c1-3-4-46-26-14(31-9(2)38)17(40)23(11(6-35)48-26)51-27-15(32-33-30)18(41)24(12(7-36)49-27)52-29-22(45)20(43)25(13(8-37)50-29)53-28-21(44)19(42)16(39)10(5-34)47-28/h3,10-29,34-37,39-45H,1,4-8H2,2H3,(H,31,38)/t10-,11-,12-,13-,14-,15-,16+,17-,18-,19+,20-,21-,22-,23-,24-,25-,26-,27+,28+,29+/m1/s1. The van der Waals surface area contributed by atoms with E-state index >= 15 is 0 Å². The van der Waals surface area contributed by atoms with Gasteiger partial charge in [0.15, 0.2) is 25.2 Å². The minimum Gasteiger partial charge on any atom is -0.394 e. The maximum absolute atomic E-state index is 11.9. The van der Waals surface area contributed by atoms with E-state index in [9.17, 15) is 66.5 Å². The van der Waals surface area contributed by atoms with Crippen molar-refractivity contribution in [3.63, 3.8) is 0 Å². The molecule has 4 heterocycles. The van der Waals surface area contributed by atoms with E-state index in [1.165, 1.54) is 6.08 Å². The number of aliphatic hydroxyl groups excluding tert-OH is 11. The van der Waals surface area contributed by atoms with Crippen LogP contribution in [0.2, 0.25) is 0 Å². The summed E-state index contributed by atoms with van der Waals surface area (Å²) in [5, 5.41) is 121. The van der Waals surface area contributed by atoms with Crippen LogP contribution in [0.3, 0.4) is 0 Å². The third kappa shape index (κ3) is 9.60. The van der Waals surface area contributed by atoms with Crippen LogP contribution in [0.1, 0.15) is 6.92 Å². The number of ether oxygens (including phenoxy) is 8. The number of amides is 1. The van der Waals surface area contributed by atoms with Crippen LogP contribution in [-0.2, 0) is 42.7 Å². The van der Waals surface area contributed by atoms with Crippen molar-refractivity contribution >= 4 is 5.91 Å². The van der Waals surface area contributed by atoms with Crippen LogP contribution >= 0.6 is 0 Å². The third-order valence-electron chi connectivity index (χ3n) is 9.15. The first-order chi connectivity index (χ1) is 25.3. The normalized spacial score (nSPS) is 46.3. The molecule has 0 aromatic heterocycles. The quantitative estimate of drug-likeness (QED) is 0.0318. The Morgan fingerprint density at radius 3 is 1.64 bits per heavy atom. The molecule has 0 bridgehead atoms. The second-order valence-electron chi connectivity index (χ2n) is 12.7. The summed E-state index contributed by atoms with van der Waals surface area (Å²) in [5.41, 5.74) is 9.34. The van der Waals surface area contributed by atoms with Crippen LogP contribution in [-0.4, -0.2) is 218 Å². The molecule has 12 N–H and O–H groups in total. The van der Waals surface area contributed by atoms with Crippen molar-refractivity contribution in [1.82, 2.24) is 5.32 Å². The fraction of sp³-hybridized carbons (Fsp3) is 0.897. The van der Waals surface area contributed by atoms with Gasteiger partial charge < -0.3 is 99.4 Å². The Kier molecular flexibility index (Phi) is 16.1. The SMILES string of the molecule is C=CCO[C@@H]1O[C@H](CO)[C@@H](O[C@@H]2O[C@H](CO)[C@@H](O[C@@H]3O[C@H](CO)[C@@H](O[C@@H]4O[C@H](CO)[C@H](O)[C@H](O)[C@H]4O)[C@H](O)[C@H]3O)[C@H](O)[C@H]2N=[N+]=[N-])[C@H](O)[C@H]1NC(C)=O. The number of rotatable bonds is 15. The summed E-state index contributed by atoms with van der Waals surface area (Å²) in [7, 11) is 0. The number of nitrogens with one attached hydrogen (secondary N) is 1. The summed E-state index contributed by atoms with van der Waals surface area (Å²) in [6.07, 6.45) is -29.3. The molecule has 4 rings (SSSR count). The molecule has 0 unspecified atom stereocenters. The van der Waals surface area contributed by atoms with E-state index in [4.69, 9.17) is 37.9 Å². The number of carbonyl (C=O) groups excluding carboxylic acids is 1. The Labute approximate surface area is 301 Å². The fourth-order valence-electron chi connectivity index (χ4n) is 6.42. The highest BCUT2D eigenvalue weighted by atomic mass is 16.8. The lowest BCUT2D eigenvalue weighted by Gasteiger charge is -2.49. The van der Waals surface area contributed by atoms with Crippen molar-refractivity contribution < 1.29 is 98.9 Å². The van der Waals surface area contributed by atoms with E-state index in [0.29, 0.717) is 0 Å². The molecule has 0 radical (unpaired) electrons. The Bertz CT molecular complexity index is 1230. The largest absolute Gasteiger partial charge is 0.394 e. The Hall–Kier alpha value is -2.24. The monoisotopic (exact) mass is 772 g/mol. The average Bonchev–Trinajstić information content (AvgIpc) is 3.14. The second kappa shape index (κ2) is 19.6. The molecule has 0 aliphatic carbocycles. The van der Waals surface area contributed by atoms with Crippen molar-refractivity contribution in [1.29, 1.82) is 0 Å². The Morgan fingerprint density at radius 2 is 1.13 bits per heavy atom. The van der Waals surface area contributed by atoms with Gasteiger partial charge in [-0.15, -0.1) is 6.58 Å². The van der Waals surface area contributed by atoms with Gasteiger partial charge in [0.1, 0.15) is 91.4 Å². The van der Waals surface area contributed by atoms with Gasteiger partial charge in [-0.3, -0.25) is 4.79 Å². The molecule has 0 aromatic rings. The maximum Gasteiger partial charge on any atom is 0.217 e. The number of azide groups is 1. The average molecular weight is 773 g/mol. The number of hydrogen-bond donors (Lipinski definition) is 12. The molecule has 4 aliphatic rings. The highest BCUT2D eigenvalue weighted by Crippen LogP contribution is 2.35. The highest BCUT2D eigenvalue weighted by Gasteiger charge is 2.55. The van der Waals surface area contributed by atoms with Crippen LogP contribution in [0, 0.1) is 0 Å². The molecule has 24 nitrogen and oxygen atoms in total. The molecular weight excluding hydrogens is 724 g/mol. The summed E-state index contributed by atoms with van der Waals surface area (Å²) in [6.45, 7) is 1.25. The molecule has 4 aliphatic heterocycles. The molecule has 304 valence electrons. The molecule has 1 amide bonds. The molecule has 4 fully saturated rings. The minimum absolute atomic E-state index is 0.0605. The van der Waals surface area contributed by atoms with Gasteiger partial charge in [-0.25, -0.2) is 0 Å². The highest BCUT2D eigenvalue weighted by molar-refractivity contribution is 5.73. The predicted molar refractivity (Wildman–Crippen MR) is 166 cm³/mol. The summed E-state index contributed by atoms with van der Waals surface area (Å²) < 4.78 is 45.0. The predicted octanol–water partition coefficient (Wildman–Crippen LogP) is -7.08. The number of nitrogens with zero attached hydrogens (tertiary/aromatic N) is 3. The fourth-order valence-corrected chi connectivity index (χ4v) is 6.42. The minimum atomic E-state index is -2.05. The van der Waals surface area contributed by atoms with Gasteiger partial charge in [0.25, 0.3) is 0 Å². The second-order valence-corrected chi connectivity index (χ2v) is 12.7. The third-order valence-corrected chi connectivity index (χ3v) is 9.15. The van der Waals surface area contributed by atoms with Crippen LogP contribution in [0.4, 0.5) is 0 Å². The van der Waals surface area contributed by atoms with E-state index < -0.39 is 155 Å².